The number of para-hydroxylation sites is 2. The van der Waals surface area contributed by atoms with Crippen LogP contribution in [-0.4, -0.2) is 4.57 Å². The second-order valence-corrected chi connectivity index (χ2v) is 3.55. The number of benzene rings is 2. The summed E-state index contributed by atoms with van der Waals surface area (Å²) in [6, 6.07) is 16.5. The van der Waals surface area contributed by atoms with Gasteiger partial charge < -0.3 is 4.57 Å². The van der Waals surface area contributed by atoms with Crippen molar-refractivity contribution in [3.05, 3.63) is 55.1 Å². The molecule has 0 spiro atoms. The topological polar surface area (TPSA) is 4.93 Å². The molecule has 0 N–H and O–H groups in total. The number of rotatable bonds is 1. The van der Waals surface area contributed by atoms with E-state index in [1.807, 2.05) is 24.3 Å². The van der Waals surface area contributed by atoms with Gasteiger partial charge in [-0.1, -0.05) is 43.0 Å². The maximum atomic E-state index is 7.23. The molecule has 0 atom stereocenters. The van der Waals surface area contributed by atoms with Crippen LogP contribution in [-0.2, 0) is 0 Å². The molecule has 0 unspecified atom stereocenters. The number of hydrogen-bond acceptors (Lipinski definition) is 0. The molecule has 0 saturated carbocycles. The summed E-state index contributed by atoms with van der Waals surface area (Å²) in [5.74, 6) is 0. The van der Waals surface area contributed by atoms with Crippen molar-refractivity contribution < 1.29 is 1.37 Å². The molecule has 0 aliphatic rings. The van der Waals surface area contributed by atoms with E-state index in [2.05, 4.69) is 28.8 Å². The van der Waals surface area contributed by atoms with Crippen LogP contribution in [0.4, 0.5) is 0 Å². The Hall–Kier alpha value is -2.02. The highest BCUT2D eigenvalue weighted by molar-refractivity contribution is 6.09. The van der Waals surface area contributed by atoms with Crippen LogP contribution >= 0.6 is 0 Å². The molecule has 0 aliphatic carbocycles. The second kappa shape index (κ2) is 2.99. The zero-order chi connectivity index (χ0) is 11.0. The molecule has 1 heterocycles. The molecular formula is C14H11N. The summed E-state index contributed by atoms with van der Waals surface area (Å²) in [7, 11) is 0. The number of hydrogen-bond donors (Lipinski definition) is 0. The Morgan fingerprint density at radius 1 is 0.933 bits per heavy atom. The third-order valence-corrected chi connectivity index (χ3v) is 2.77. The molecule has 15 heavy (non-hydrogen) atoms. The number of aromatic nitrogens is 1. The highest BCUT2D eigenvalue weighted by atomic mass is 14.9. The van der Waals surface area contributed by atoms with Crippen molar-refractivity contribution in [1.82, 2.24) is 4.57 Å². The number of fused-ring (bicyclic) bond motifs is 3. The van der Waals surface area contributed by atoms with Crippen LogP contribution in [0.3, 0.4) is 0 Å². The van der Waals surface area contributed by atoms with Gasteiger partial charge >= 0.3 is 0 Å². The summed E-state index contributed by atoms with van der Waals surface area (Å²) in [6.45, 7) is 1.32. The van der Waals surface area contributed by atoms with E-state index in [-0.39, 0.29) is 0 Å². The van der Waals surface area contributed by atoms with Gasteiger partial charge in [0, 0.05) is 17.0 Å². The highest BCUT2D eigenvalue weighted by Crippen LogP contribution is 2.28. The average Bonchev–Trinajstić information content (AvgIpc) is 2.66. The summed E-state index contributed by atoms with van der Waals surface area (Å²) in [4.78, 5) is 0. The summed E-state index contributed by atoms with van der Waals surface area (Å²) >= 11 is 0. The molecule has 1 heteroatoms. The van der Waals surface area contributed by atoms with E-state index in [4.69, 9.17) is 1.37 Å². The van der Waals surface area contributed by atoms with E-state index in [0.29, 0.717) is 0 Å². The summed E-state index contributed by atoms with van der Waals surface area (Å²) in [6.07, 6.45) is 1.78. The monoisotopic (exact) mass is 194 g/mol. The van der Waals surface area contributed by atoms with Crippen molar-refractivity contribution in [2.24, 2.45) is 0 Å². The molecule has 3 aromatic rings. The van der Waals surface area contributed by atoms with Crippen LogP contribution in [0.2, 0.25) is 0 Å². The zero-order valence-electron chi connectivity index (χ0n) is 9.22. The van der Waals surface area contributed by atoms with Gasteiger partial charge in [0.05, 0.1) is 12.4 Å². The van der Waals surface area contributed by atoms with Crippen molar-refractivity contribution >= 4 is 28.0 Å². The largest absolute Gasteiger partial charge is 0.317 e. The Bertz CT molecular complexity index is 626. The first-order chi connectivity index (χ1) is 7.92. The Balaban J connectivity index is 2.59. The van der Waals surface area contributed by atoms with Crippen LogP contribution in [0.5, 0.6) is 0 Å². The molecule has 0 radical (unpaired) electrons. The van der Waals surface area contributed by atoms with Crippen LogP contribution in [0, 0.1) is 0 Å². The van der Waals surface area contributed by atoms with E-state index in [1.54, 1.807) is 6.20 Å². The maximum Gasteiger partial charge on any atom is 0.0553 e. The molecule has 2 aromatic carbocycles. The fourth-order valence-electron chi connectivity index (χ4n) is 2.11. The summed E-state index contributed by atoms with van der Waals surface area (Å²) in [5, 5.41) is 2.47. The maximum absolute atomic E-state index is 7.23. The lowest BCUT2D eigenvalue weighted by Crippen LogP contribution is -1.82. The molecule has 1 aromatic heterocycles. The summed E-state index contributed by atoms with van der Waals surface area (Å²) in [5.41, 5.74) is 2.29. The quantitative estimate of drug-likeness (QED) is 0.553. The molecule has 0 amide bonds. The first-order valence-corrected chi connectivity index (χ1v) is 4.94. The Morgan fingerprint density at radius 2 is 1.47 bits per heavy atom. The highest BCUT2D eigenvalue weighted by Gasteiger charge is 2.06. The first kappa shape index (κ1) is 7.30. The molecule has 72 valence electrons. The molecule has 0 aliphatic heterocycles. The van der Waals surface area contributed by atoms with Crippen LogP contribution < -0.4 is 0 Å². The number of nitrogens with zero attached hydrogens (tertiary/aromatic N) is 1. The van der Waals surface area contributed by atoms with Gasteiger partial charge in [-0.05, 0) is 12.1 Å². The molecule has 0 bridgehead atoms. The van der Waals surface area contributed by atoms with E-state index in [0.717, 1.165) is 11.0 Å². The molecule has 3 rings (SSSR count). The van der Waals surface area contributed by atoms with Crippen LogP contribution in [0.15, 0.2) is 55.1 Å². The van der Waals surface area contributed by atoms with Gasteiger partial charge in [0.2, 0.25) is 0 Å². The molecule has 0 saturated heterocycles. The van der Waals surface area contributed by atoms with Gasteiger partial charge in [-0.3, -0.25) is 0 Å². The minimum Gasteiger partial charge on any atom is -0.317 e. The lowest BCUT2D eigenvalue weighted by atomic mass is 10.2. The SMILES string of the molecule is [2H]C=Cn1c2ccccc2c2ccccc21. The van der Waals surface area contributed by atoms with Crippen molar-refractivity contribution in [1.29, 1.82) is 0 Å². The standard InChI is InChI=1S/C14H11N/c1-2-15-13-9-5-3-7-11(13)12-8-4-6-10-14(12)15/h2-10H,1H2/i1D. The van der Waals surface area contributed by atoms with Crippen molar-refractivity contribution in [3.8, 4) is 0 Å². The second-order valence-electron chi connectivity index (χ2n) is 3.55. The Kier molecular flexibility index (Phi) is 1.45. The third-order valence-electron chi connectivity index (χ3n) is 2.77. The fraction of sp³-hybridized carbons (Fsp3) is 0. The summed E-state index contributed by atoms with van der Waals surface area (Å²) < 4.78 is 9.28. The van der Waals surface area contributed by atoms with Crippen molar-refractivity contribution in [3.63, 3.8) is 0 Å². The van der Waals surface area contributed by atoms with E-state index >= 15 is 0 Å². The van der Waals surface area contributed by atoms with Crippen LogP contribution in [0.25, 0.3) is 28.0 Å². The van der Waals surface area contributed by atoms with Gasteiger partial charge in [-0.2, -0.15) is 0 Å². The van der Waals surface area contributed by atoms with E-state index in [1.165, 1.54) is 17.3 Å². The lowest BCUT2D eigenvalue weighted by Gasteiger charge is -1.97. The van der Waals surface area contributed by atoms with Crippen molar-refractivity contribution in [2.75, 3.05) is 0 Å². The average molecular weight is 194 g/mol. The molecule has 1 nitrogen and oxygen atoms in total. The fourth-order valence-corrected chi connectivity index (χ4v) is 2.11. The molecule has 0 fully saturated rings. The van der Waals surface area contributed by atoms with Crippen LogP contribution in [0.1, 0.15) is 1.37 Å². The minimum absolute atomic E-state index is 1.15. The van der Waals surface area contributed by atoms with Gasteiger partial charge in [-0.25, -0.2) is 0 Å². The van der Waals surface area contributed by atoms with Gasteiger partial charge in [0.15, 0.2) is 0 Å². The smallest absolute Gasteiger partial charge is 0.0553 e. The van der Waals surface area contributed by atoms with Gasteiger partial charge in [0.1, 0.15) is 0 Å². The normalized spacial score (nSPS) is 12.7. The van der Waals surface area contributed by atoms with Gasteiger partial charge in [0.25, 0.3) is 0 Å². The first-order valence-electron chi connectivity index (χ1n) is 5.52. The lowest BCUT2D eigenvalue weighted by molar-refractivity contribution is 1.30. The Morgan fingerprint density at radius 3 is 2.00 bits per heavy atom. The third kappa shape index (κ3) is 1.03. The van der Waals surface area contributed by atoms with Gasteiger partial charge in [-0.15, -0.1) is 0 Å². The minimum atomic E-state index is 1.15. The van der Waals surface area contributed by atoms with Crippen molar-refractivity contribution in [2.45, 2.75) is 0 Å². The predicted molar refractivity (Wildman–Crippen MR) is 65.8 cm³/mol. The Labute approximate surface area is 89.7 Å². The zero-order valence-corrected chi connectivity index (χ0v) is 8.22. The molecular weight excluding hydrogens is 182 g/mol. The van der Waals surface area contributed by atoms with E-state index in [9.17, 15) is 0 Å². The predicted octanol–water partition coefficient (Wildman–Crippen LogP) is 3.90. The van der Waals surface area contributed by atoms with E-state index < -0.39 is 0 Å².